The maximum absolute atomic E-state index is 13.7. The molecule has 0 aliphatic carbocycles. The molecule has 0 fully saturated rings. The molecule has 5 rings (SSSR count). The quantitative estimate of drug-likeness (QED) is 0.412. The van der Waals surface area contributed by atoms with E-state index in [0.717, 1.165) is 23.2 Å². The Morgan fingerprint density at radius 1 is 1.06 bits per heavy atom. The van der Waals surface area contributed by atoms with Crippen molar-refractivity contribution in [3.05, 3.63) is 95.3 Å². The number of nitrogens with one attached hydrogen (secondary N) is 2. The van der Waals surface area contributed by atoms with Crippen molar-refractivity contribution < 1.29 is 13.6 Å². The molecule has 5 nitrogen and oxygen atoms in total. The zero-order chi connectivity index (χ0) is 21.5. The molecule has 0 saturated heterocycles. The Balaban J connectivity index is 1.46. The maximum atomic E-state index is 13.7. The van der Waals surface area contributed by atoms with Crippen molar-refractivity contribution in [1.29, 1.82) is 0 Å². The van der Waals surface area contributed by atoms with Crippen LogP contribution < -0.4 is 5.32 Å². The van der Waals surface area contributed by atoms with Crippen molar-refractivity contribution in [2.45, 2.75) is 13.5 Å². The molecule has 31 heavy (non-hydrogen) atoms. The monoisotopic (exact) mass is 416 g/mol. The number of carbonyl (C=O) groups excluding carboxylic acids is 1. The Kier molecular flexibility index (Phi) is 4.51. The number of aromatic amines is 1. The first-order valence-electron chi connectivity index (χ1n) is 9.77. The molecular weight excluding hydrogens is 398 g/mol. The van der Waals surface area contributed by atoms with E-state index in [1.165, 1.54) is 11.8 Å². The number of rotatable bonds is 4. The highest BCUT2D eigenvalue weighted by Crippen LogP contribution is 2.27. The predicted molar refractivity (Wildman–Crippen MR) is 116 cm³/mol. The minimum Gasteiger partial charge on any atom is -0.359 e. The van der Waals surface area contributed by atoms with E-state index in [2.05, 4.69) is 39.7 Å². The molecule has 154 valence electrons. The number of aromatic nitrogens is 3. The highest BCUT2D eigenvalue weighted by Gasteiger charge is 2.16. The average molecular weight is 416 g/mol. The van der Waals surface area contributed by atoms with Gasteiger partial charge in [-0.3, -0.25) is 9.48 Å². The fraction of sp³-hybridized carbons (Fsp3) is 0.0833. The van der Waals surface area contributed by atoms with Crippen LogP contribution in [0, 0.1) is 18.6 Å². The van der Waals surface area contributed by atoms with Crippen molar-refractivity contribution in [3.63, 3.8) is 0 Å². The van der Waals surface area contributed by atoms with Crippen LogP contribution in [-0.2, 0) is 6.54 Å². The molecule has 3 aromatic carbocycles. The largest absolute Gasteiger partial charge is 0.359 e. The minimum atomic E-state index is -0.970. The van der Waals surface area contributed by atoms with E-state index in [0.29, 0.717) is 34.1 Å². The van der Waals surface area contributed by atoms with E-state index >= 15 is 0 Å². The van der Waals surface area contributed by atoms with Crippen LogP contribution in [0.5, 0.6) is 0 Å². The third kappa shape index (κ3) is 3.44. The van der Waals surface area contributed by atoms with E-state index in [4.69, 9.17) is 0 Å². The van der Waals surface area contributed by atoms with Crippen LogP contribution in [0.1, 0.15) is 21.5 Å². The zero-order valence-corrected chi connectivity index (χ0v) is 16.6. The van der Waals surface area contributed by atoms with Crippen molar-refractivity contribution in [3.8, 4) is 0 Å². The Morgan fingerprint density at radius 2 is 1.84 bits per heavy atom. The molecule has 1 amide bonds. The summed E-state index contributed by atoms with van der Waals surface area (Å²) in [7, 11) is 0. The van der Waals surface area contributed by atoms with Gasteiger partial charge >= 0.3 is 0 Å². The van der Waals surface area contributed by atoms with Crippen LogP contribution in [0.4, 0.5) is 14.5 Å². The Morgan fingerprint density at radius 3 is 2.65 bits per heavy atom. The number of aryl methyl sites for hydroxylation is 1. The summed E-state index contributed by atoms with van der Waals surface area (Å²) >= 11 is 0. The lowest BCUT2D eigenvalue weighted by molar-refractivity contribution is 0.102. The van der Waals surface area contributed by atoms with Gasteiger partial charge in [0.1, 0.15) is 0 Å². The lowest BCUT2D eigenvalue weighted by atomic mass is 10.1. The van der Waals surface area contributed by atoms with Crippen LogP contribution in [0.15, 0.2) is 67.0 Å². The van der Waals surface area contributed by atoms with Crippen LogP contribution in [0.3, 0.4) is 0 Å². The molecule has 2 heterocycles. The van der Waals surface area contributed by atoms with Gasteiger partial charge in [0, 0.05) is 23.0 Å². The third-order valence-corrected chi connectivity index (χ3v) is 5.36. The van der Waals surface area contributed by atoms with Crippen LogP contribution >= 0.6 is 0 Å². The predicted octanol–water partition coefficient (Wildman–Crippen LogP) is 5.40. The second-order valence-corrected chi connectivity index (χ2v) is 7.49. The summed E-state index contributed by atoms with van der Waals surface area (Å²) in [5, 5.41) is 8.36. The number of hydrogen-bond donors (Lipinski definition) is 2. The van der Waals surface area contributed by atoms with Gasteiger partial charge < -0.3 is 10.3 Å². The van der Waals surface area contributed by atoms with E-state index in [9.17, 15) is 13.6 Å². The summed E-state index contributed by atoms with van der Waals surface area (Å²) < 4.78 is 29.0. The molecule has 2 N–H and O–H groups in total. The molecule has 0 spiro atoms. The van der Waals surface area contributed by atoms with E-state index < -0.39 is 11.6 Å². The smallest absolute Gasteiger partial charge is 0.256 e. The second kappa shape index (κ2) is 7.36. The van der Waals surface area contributed by atoms with Crippen molar-refractivity contribution in [1.82, 2.24) is 14.8 Å². The molecule has 7 heteroatoms. The molecule has 0 aliphatic rings. The average Bonchev–Trinajstić information content (AvgIpc) is 3.34. The molecule has 0 atom stereocenters. The molecule has 2 aromatic heterocycles. The highest BCUT2D eigenvalue weighted by atomic mass is 19.2. The SMILES string of the molecule is Cc1ccc(Cn2ncc3c(C(=O)Nc4c[nH]c5cc(F)c(F)cc45)cccc32)cc1. The van der Waals surface area contributed by atoms with Gasteiger partial charge in [0.2, 0.25) is 0 Å². The molecule has 0 aliphatic heterocycles. The molecular formula is C24H18F2N4O. The Labute approximate surface area is 176 Å². The fourth-order valence-corrected chi connectivity index (χ4v) is 3.70. The Hall–Kier alpha value is -4.00. The highest BCUT2D eigenvalue weighted by molar-refractivity contribution is 6.14. The molecule has 0 bridgehead atoms. The first-order chi connectivity index (χ1) is 15.0. The van der Waals surface area contributed by atoms with Gasteiger partial charge in [0.05, 0.1) is 35.0 Å². The van der Waals surface area contributed by atoms with Crippen LogP contribution in [0.25, 0.3) is 21.8 Å². The van der Waals surface area contributed by atoms with Gasteiger partial charge in [-0.2, -0.15) is 5.10 Å². The van der Waals surface area contributed by atoms with Crippen molar-refractivity contribution in [2.24, 2.45) is 0 Å². The molecule has 5 aromatic rings. The topological polar surface area (TPSA) is 62.7 Å². The maximum Gasteiger partial charge on any atom is 0.256 e. The summed E-state index contributed by atoms with van der Waals surface area (Å²) in [6, 6.07) is 15.8. The van der Waals surface area contributed by atoms with Crippen molar-refractivity contribution >= 4 is 33.4 Å². The summed E-state index contributed by atoms with van der Waals surface area (Å²) in [5.74, 6) is -2.27. The number of hydrogen-bond acceptors (Lipinski definition) is 2. The van der Waals surface area contributed by atoms with Crippen LogP contribution in [0.2, 0.25) is 0 Å². The zero-order valence-electron chi connectivity index (χ0n) is 16.6. The first-order valence-corrected chi connectivity index (χ1v) is 9.77. The van der Waals surface area contributed by atoms with Gasteiger partial charge in [-0.1, -0.05) is 35.9 Å². The summed E-state index contributed by atoms with van der Waals surface area (Å²) in [4.78, 5) is 15.8. The first kappa shape index (κ1) is 19.0. The Bertz CT molecular complexity index is 1430. The number of amides is 1. The number of anilines is 1. The number of carbonyl (C=O) groups is 1. The normalized spacial score (nSPS) is 11.3. The summed E-state index contributed by atoms with van der Waals surface area (Å²) in [5.41, 5.74) is 4.36. The second-order valence-electron chi connectivity index (χ2n) is 7.49. The van der Waals surface area contributed by atoms with Gasteiger partial charge in [-0.05, 0) is 30.7 Å². The van der Waals surface area contributed by atoms with E-state index in [1.807, 2.05) is 17.7 Å². The minimum absolute atomic E-state index is 0.355. The van der Waals surface area contributed by atoms with E-state index in [-0.39, 0.29) is 5.91 Å². The van der Waals surface area contributed by atoms with Gasteiger partial charge in [-0.15, -0.1) is 0 Å². The molecule has 0 unspecified atom stereocenters. The molecule has 0 radical (unpaired) electrons. The summed E-state index contributed by atoms with van der Waals surface area (Å²) in [6.45, 7) is 2.62. The number of benzene rings is 3. The van der Waals surface area contributed by atoms with Crippen molar-refractivity contribution in [2.75, 3.05) is 5.32 Å². The van der Waals surface area contributed by atoms with E-state index in [1.54, 1.807) is 18.3 Å². The summed E-state index contributed by atoms with van der Waals surface area (Å²) in [6.07, 6.45) is 3.19. The van der Waals surface area contributed by atoms with Gasteiger partial charge in [0.25, 0.3) is 5.91 Å². The standard InChI is InChI=1S/C24H18F2N4O/c1-14-5-7-15(8-6-14)13-30-23-4-2-3-16(18(23)11-28-30)24(31)29-22-12-27-21-10-20(26)19(25)9-17(21)22/h2-12,27H,13H2,1H3,(H,29,31). The number of fused-ring (bicyclic) bond motifs is 2. The third-order valence-electron chi connectivity index (χ3n) is 5.36. The van der Waals surface area contributed by atoms with Crippen LogP contribution in [-0.4, -0.2) is 20.7 Å². The fourth-order valence-electron chi connectivity index (χ4n) is 3.70. The number of nitrogens with zero attached hydrogens (tertiary/aromatic N) is 2. The molecule has 0 saturated carbocycles. The number of halogens is 2. The lowest BCUT2D eigenvalue weighted by Crippen LogP contribution is -2.12. The lowest BCUT2D eigenvalue weighted by Gasteiger charge is -2.07. The van der Waals surface area contributed by atoms with Gasteiger partial charge in [0.15, 0.2) is 11.6 Å². The number of H-pyrrole nitrogens is 1. The van der Waals surface area contributed by atoms with Gasteiger partial charge in [-0.25, -0.2) is 8.78 Å².